The van der Waals surface area contributed by atoms with Crippen molar-refractivity contribution < 1.29 is 33.8 Å². The molecule has 0 bridgehead atoms. The summed E-state index contributed by atoms with van der Waals surface area (Å²) in [5.74, 6) is -2.89. The quantitative estimate of drug-likeness (QED) is 0.146. The third-order valence-electron chi connectivity index (χ3n) is 7.38. The Kier molecular flexibility index (Phi) is 14.8. The van der Waals surface area contributed by atoms with E-state index in [9.17, 15) is 29.1 Å². The van der Waals surface area contributed by atoms with Gasteiger partial charge in [0.25, 0.3) is 5.91 Å². The van der Waals surface area contributed by atoms with Gasteiger partial charge in [-0.15, -0.1) is 0 Å². The summed E-state index contributed by atoms with van der Waals surface area (Å²) >= 11 is 0. The summed E-state index contributed by atoms with van der Waals surface area (Å²) in [6.45, 7) is 5.23. The van der Waals surface area contributed by atoms with Gasteiger partial charge in [0.15, 0.2) is 6.10 Å². The van der Waals surface area contributed by atoms with Crippen LogP contribution in [0.1, 0.15) is 50.3 Å². The van der Waals surface area contributed by atoms with Gasteiger partial charge in [0, 0.05) is 12.1 Å². The first-order valence-corrected chi connectivity index (χ1v) is 16.2. The summed E-state index contributed by atoms with van der Waals surface area (Å²) in [4.78, 5) is 66.2. The van der Waals surface area contributed by atoms with Crippen molar-refractivity contribution in [3.63, 3.8) is 0 Å². The number of primary amides is 1. The molecule has 12 nitrogen and oxygen atoms in total. The van der Waals surface area contributed by atoms with Crippen LogP contribution >= 0.6 is 0 Å². The molecule has 3 rings (SSSR count). The van der Waals surface area contributed by atoms with E-state index in [0.717, 1.165) is 5.56 Å². The molecule has 0 spiro atoms. The lowest BCUT2D eigenvalue weighted by molar-refractivity contribution is -0.145. The Labute approximate surface area is 287 Å². The van der Waals surface area contributed by atoms with Crippen LogP contribution in [-0.4, -0.2) is 76.5 Å². The molecule has 0 aliphatic heterocycles. The van der Waals surface area contributed by atoms with Crippen LogP contribution in [-0.2, 0) is 43.4 Å². The summed E-state index contributed by atoms with van der Waals surface area (Å²) in [7, 11) is 0. The molecule has 0 unspecified atom stereocenters. The molecule has 0 saturated carbocycles. The maximum atomic E-state index is 13.9. The molecule has 3 atom stereocenters. The largest absolute Gasteiger partial charge is 0.445 e. The van der Waals surface area contributed by atoms with E-state index in [2.05, 4.69) is 16.0 Å². The molecule has 0 aliphatic rings. The number of aryl methyl sites for hydroxylation is 1. The Bertz CT molecular complexity index is 1510. The number of hydrogen-bond donors (Lipinski definition) is 5. The first-order valence-electron chi connectivity index (χ1n) is 16.2. The normalized spacial score (nSPS) is 12.9. The fourth-order valence-electron chi connectivity index (χ4n) is 5.09. The van der Waals surface area contributed by atoms with Crippen molar-refractivity contribution in [3.8, 4) is 0 Å². The van der Waals surface area contributed by atoms with E-state index >= 15 is 0 Å². The molecule has 262 valence electrons. The van der Waals surface area contributed by atoms with Crippen molar-refractivity contribution in [1.82, 2.24) is 20.9 Å². The minimum Gasteiger partial charge on any atom is -0.445 e. The third-order valence-corrected chi connectivity index (χ3v) is 7.38. The average molecular weight is 674 g/mol. The predicted octanol–water partition coefficient (Wildman–Crippen LogP) is 2.62. The number of alkyl carbamates (subject to hydrolysis) is 1. The van der Waals surface area contributed by atoms with Gasteiger partial charge >= 0.3 is 6.09 Å². The van der Waals surface area contributed by atoms with E-state index < -0.39 is 59.9 Å². The van der Waals surface area contributed by atoms with E-state index in [1.165, 1.54) is 4.90 Å². The smallest absolute Gasteiger partial charge is 0.408 e. The highest BCUT2D eigenvalue weighted by molar-refractivity contribution is 5.92. The fourth-order valence-corrected chi connectivity index (χ4v) is 5.09. The van der Waals surface area contributed by atoms with Gasteiger partial charge in [0.1, 0.15) is 12.6 Å². The zero-order chi connectivity index (χ0) is 35.8. The van der Waals surface area contributed by atoms with Crippen LogP contribution in [0.3, 0.4) is 0 Å². The third kappa shape index (κ3) is 14.2. The maximum Gasteiger partial charge on any atom is 0.408 e. The van der Waals surface area contributed by atoms with Crippen LogP contribution in [0, 0.1) is 0 Å². The standard InChI is InChI=1S/C37H47N5O7/c1-37(2,3)41-32(44)24-42(21-13-20-26-14-7-4-8-15-26)35(47)33(45)29(22-27-16-9-5-10-17-27)39-34(46)30(23-31(38)43)40-36(48)49-25-28-18-11-6-12-19-28/h4-12,14-19,29-30,33,45H,13,20-25H2,1-3H3,(H2,38,43)(H,39,46)(H,40,48)(H,41,44)/t29-,30-,33-/m0/s1. The lowest BCUT2D eigenvalue weighted by Gasteiger charge is -2.31. The SMILES string of the molecule is CC(C)(C)NC(=O)CN(CCCc1ccccc1)C(=O)[C@@H](O)[C@H](Cc1ccccc1)NC(=O)[C@H](CC(N)=O)NC(=O)OCc1ccccc1. The monoisotopic (exact) mass is 673 g/mol. The van der Waals surface area contributed by atoms with Gasteiger partial charge in [-0.3, -0.25) is 19.2 Å². The Hall–Kier alpha value is -5.23. The van der Waals surface area contributed by atoms with Gasteiger partial charge in [-0.1, -0.05) is 91.0 Å². The molecule has 0 heterocycles. The number of amides is 5. The summed E-state index contributed by atoms with van der Waals surface area (Å²) in [6.07, 6.45) is -2.15. The molecule has 3 aromatic rings. The molecule has 12 heteroatoms. The molecule has 0 fully saturated rings. The number of nitrogens with one attached hydrogen (secondary N) is 3. The number of nitrogens with zero attached hydrogens (tertiary/aromatic N) is 1. The van der Waals surface area contributed by atoms with Crippen LogP contribution in [0.2, 0.25) is 0 Å². The van der Waals surface area contributed by atoms with E-state index in [-0.39, 0.29) is 26.1 Å². The van der Waals surface area contributed by atoms with Gasteiger partial charge in [-0.05, 0) is 56.7 Å². The molecule has 0 radical (unpaired) electrons. The molecular formula is C37H47N5O7. The van der Waals surface area contributed by atoms with Crippen molar-refractivity contribution in [2.45, 2.75) is 76.8 Å². The molecule has 6 N–H and O–H groups in total. The summed E-state index contributed by atoms with van der Waals surface area (Å²) < 4.78 is 5.22. The van der Waals surface area contributed by atoms with Crippen molar-refractivity contribution in [3.05, 3.63) is 108 Å². The van der Waals surface area contributed by atoms with Gasteiger partial charge in [-0.2, -0.15) is 0 Å². The Balaban J connectivity index is 1.80. The fraction of sp³-hybridized carbons (Fsp3) is 0.378. The van der Waals surface area contributed by atoms with Crippen molar-refractivity contribution >= 4 is 29.7 Å². The molecule has 0 saturated heterocycles. The molecule has 0 aliphatic carbocycles. The minimum absolute atomic E-state index is 0.0211. The summed E-state index contributed by atoms with van der Waals surface area (Å²) in [5.41, 5.74) is 7.30. The molecule has 0 aromatic heterocycles. The van der Waals surface area contributed by atoms with Crippen molar-refractivity contribution in [2.24, 2.45) is 5.73 Å². The van der Waals surface area contributed by atoms with Crippen molar-refractivity contribution in [1.29, 1.82) is 0 Å². The van der Waals surface area contributed by atoms with Gasteiger partial charge in [0.05, 0.1) is 19.0 Å². The second kappa shape index (κ2) is 18.9. The topological polar surface area (TPSA) is 180 Å². The van der Waals surface area contributed by atoms with Gasteiger partial charge < -0.3 is 36.4 Å². The zero-order valence-corrected chi connectivity index (χ0v) is 28.3. The number of aliphatic hydroxyl groups is 1. The lowest BCUT2D eigenvalue weighted by atomic mass is 9.99. The van der Waals surface area contributed by atoms with Crippen LogP contribution in [0.5, 0.6) is 0 Å². The Morgan fingerprint density at radius 1 is 0.816 bits per heavy atom. The number of benzene rings is 3. The number of carbonyl (C=O) groups is 5. The first-order chi connectivity index (χ1) is 23.3. The highest BCUT2D eigenvalue weighted by Gasteiger charge is 2.35. The van der Waals surface area contributed by atoms with E-state index in [0.29, 0.717) is 24.0 Å². The summed E-state index contributed by atoms with van der Waals surface area (Å²) in [6, 6.07) is 24.8. The van der Waals surface area contributed by atoms with E-state index in [4.69, 9.17) is 10.5 Å². The Morgan fingerprint density at radius 3 is 1.92 bits per heavy atom. The highest BCUT2D eigenvalue weighted by Crippen LogP contribution is 2.12. The first kappa shape index (κ1) is 38.2. The second-order valence-electron chi connectivity index (χ2n) is 12.8. The zero-order valence-electron chi connectivity index (χ0n) is 28.3. The number of hydrogen-bond acceptors (Lipinski definition) is 7. The molecular weight excluding hydrogens is 626 g/mol. The van der Waals surface area contributed by atoms with Gasteiger partial charge in [-0.25, -0.2) is 4.79 Å². The second-order valence-corrected chi connectivity index (χ2v) is 12.8. The maximum absolute atomic E-state index is 13.9. The number of nitrogens with two attached hydrogens (primary N) is 1. The lowest BCUT2D eigenvalue weighted by Crippen LogP contribution is -2.58. The number of ether oxygens (including phenoxy) is 1. The van der Waals surface area contributed by atoms with Crippen LogP contribution < -0.4 is 21.7 Å². The Morgan fingerprint density at radius 2 is 1.37 bits per heavy atom. The molecule has 49 heavy (non-hydrogen) atoms. The predicted molar refractivity (Wildman–Crippen MR) is 185 cm³/mol. The highest BCUT2D eigenvalue weighted by atomic mass is 16.5. The summed E-state index contributed by atoms with van der Waals surface area (Å²) in [5, 5.41) is 19.4. The van der Waals surface area contributed by atoms with Gasteiger partial charge in [0.2, 0.25) is 17.7 Å². The number of aliphatic hydroxyl groups excluding tert-OH is 1. The number of carbonyl (C=O) groups excluding carboxylic acids is 5. The minimum atomic E-state index is -1.79. The van der Waals surface area contributed by atoms with Crippen LogP contribution in [0.15, 0.2) is 91.0 Å². The average Bonchev–Trinajstić information content (AvgIpc) is 3.06. The molecule has 5 amide bonds. The van der Waals surface area contributed by atoms with E-state index in [1.807, 2.05) is 57.2 Å². The van der Waals surface area contributed by atoms with Crippen molar-refractivity contribution in [2.75, 3.05) is 13.1 Å². The van der Waals surface area contributed by atoms with Crippen LogP contribution in [0.25, 0.3) is 0 Å². The van der Waals surface area contributed by atoms with E-state index in [1.54, 1.807) is 54.6 Å². The number of rotatable bonds is 17. The van der Waals surface area contributed by atoms with Crippen LogP contribution in [0.4, 0.5) is 4.79 Å². The molecule has 3 aromatic carbocycles.